The molecular formula is C58H45NOSi. The first-order valence-corrected chi connectivity index (χ1v) is 23.3. The summed E-state index contributed by atoms with van der Waals surface area (Å²) >= 11 is 0. The number of hydrogen-bond acceptors (Lipinski definition) is 2. The van der Waals surface area contributed by atoms with E-state index in [0.717, 1.165) is 38.6 Å². The summed E-state index contributed by atoms with van der Waals surface area (Å²) < 4.78 is 6.76. The third kappa shape index (κ3) is 5.91. The summed E-state index contributed by atoms with van der Waals surface area (Å²) in [6.45, 7) is 4.67. The Bertz CT molecular complexity index is 3250. The number of rotatable bonds is 8. The topological polar surface area (TPSA) is 25.2 Å². The van der Waals surface area contributed by atoms with Crippen LogP contribution < -0.4 is 20.9 Å². The molecule has 0 amide bonds. The average Bonchev–Trinajstić information content (AvgIpc) is 3.70. The predicted molar refractivity (Wildman–Crippen MR) is 261 cm³/mol. The van der Waals surface area contributed by atoms with Crippen LogP contribution in [0.5, 0.6) is 0 Å². The smallest absolute Gasteiger partial charge is 0.177 e. The maximum absolute atomic E-state index is 6.76. The van der Waals surface area contributed by atoms with Crippen LogP contribution in [-0.4, -0.2) is 14.1 Å². The van der Waals surface area contributed by atoms with E-state index in [9.17, 15) is 0 Å². The van der Waals surface area contributed by atoms with Crippen LogP contribution in [0.2, 0.25) is 0 Å². The standard InChI is InChI=1S/C58H45NOSi/c1-40-19-12-16-29-52(40)58(2)38-18-31-54(57(58)59-43-21-6-3-7-22-43)61(44-23-8-4-9-24-44,45-25-10-5-11-26-45)46-34-32-41(33-35-46)51-39-42-20-13-14-27-47(42)49-36-37-50-48-28-15-17-30-53(48)60-56(50)55(49)51/h3-39,57,59H,1-2H3. The molecule has 0 spiro atoms. The highest BCUT2D eigenvalue weighted by Crippen LogP contribution is 2.44. The van der Waals surface area contributed by atoms with E-state index in [4.69, 9.17) is 4.42 Å². The van der Waals surface area contributed by atoms with Crippen LogP contribution in [0.1, 0.15) is 18.1 Å². The van der Waals surface area contributed by atoms with Crippen molar-refractivity contribution in [1.29, 1.82) is 0 Å². The molecule has 2 unspecified atom stereocenters. The highest BCUT2D eigenvalue weighted by atomic mass is 28.3. The Labute approximate surface area is 358 Å². The van der Waals surface area contributed by atoms with E-state index in [0.29, 0.717) is 0 Å². The van der Waals surface area contributed by atoms with E-state index >= 15 is 0 Å². The summed E-state index contributed by atoms with van der Waals surface area (Å²) in [6.07, 6.45) is 7.18. The van der Waals surface area contributed by atoms with Crippen molar-refractivity contribution in [3.63, 3.8) is 0 Å². The van der Waals surface area contributed by atoms with Crippen molar-refractivity contribution >= 4 is 72.8 Å². The van der Waals surface area contributed by atoms with Gasteiger partial charge in [-0.15, -0.1) is 0 Å². The SMILES string of the molecule is Cc1ccccc1C1(C)C=CC=C([Si](c2ccccc2)(c2ccccc2)c2ccc(-c3cc4ccccc4c4ccc5c6ccccc6oc5c34)cc2)C1Nc1ccccc1. The van der Waals surface area contributed by atoms with Crippen molar-refractivity contribution in [2.75, 3.05) is 5.32 Å². The molecule has 2 nitrogen and oxygen atoms in total. The number of furan rings is 1. The van der Waals surface area contributed by atoms with Gasteiger partial charge in [-0.1, -0.05) is 194 Å². The molecule has 1 aliphatic rings. The van der Waals surface area contributed by atoms with Gasteiger partial charge in [-0.2, -0.15) is 0 Å². The summed E-state index contributed by atoms with van der Waals surface area (Å²) in [4.78, 5) is 0. The molecule has 0 saturated heterocycles. The van der Waals surface area contributed by atoms with Crippen LogP contribution in [0.4, 0.5) is 5.69 Å². The number of para-hydroxylation sites is 2. The zero-order chi connectivity index (χ0) is 41.0. The first-order chi connectivity index (χ1) is 30.0. The first-order valence-electron chi connectivity index (χ1n) is 21.3. The van der Waals surface area contributed by atoms with Gasteiger partial charge in [0, 0.05) is 27.3 Å². The monoisotopic (exact) mass is 799 g/mol. The lowest BCUT2D eigenvalue weighted by Crippen LogP contribution is -2.72. The van der Waals surface area contributed by atoms with Crippen molar-refractivity contribution in [2.24, 2.45) is 0 Å². The highest BCUT2D eigenvalue weighted by Gasteiger charge is 2.51. The molecule has 10 aromatic rings. The van der Waals surface area contributed by atoms with E-state index in [1.807, 2.05) is 0 Å². The lowest BCUT2D eigenvalue weighted by molar-refractivity contribution is 0.535. The summed E-state index contributed by atoms with van der Waals surface area (Å²) in [5.41, 5.74) is 7.53. The molecule has 0 fully saturated rings. The number of anilines is 1. The third-order valence-corrected chi connectivity index (χ3v) is 18.2. The Morgan fingerprint density at radius 3 is 1.85 bits per heavy atom. The molecule has 9 aromatic carbocycles. The Morgan fingerprint density at radius 2 is 1.13 bits per heavy atom. The van der Waals surface area contributed by atoms with Crippen LogP contribution in [0.25, 0.3) is 54.6 Å². The number of aryl methyl sites for hydroxylation is 1. The van der Waals surface area contributed by atoms with Crippen LogP contribution in [0.15, 0.2) is 234 Å². The van der Waals surface area contributed by atoms with E-state index in [-0.39, 0.29) is 11.5 Å². The molecule has 1 aromatic heterocycles. The van der Waals surface area contributed by atoms with Crippen molar-refractivity contribution in [2.45, 2.75) is 25.3 Å². The zero-order valence-electron chi connectivity index (χ0n) is 34.3. The fraction of sp³-hybridized carbons (Fsp3) is 0.0690. The number of fused-ring (bicyclic) bond motifs is 7. The van der Waals surface area contributed by atoms with E-state index in [1.54, 1.807) is 0 Å². The predicted octanol–water partition coefficient (Wildman–Crippen LogP) is 12.8. The van der Waals surface area contributed by atoms with Crippen LogP contribution in [0, 0.1) is 6.92 Å². The van der Waals surface area contributed by atoms with Gasteiger partial charge < -0.3 is 9.73 Å². The molecule has 61 heavy (non-hydrogen) atoms. The Morgan fingerprint density at radius 1 is 0.541 bits per heavy atom. The summed E-state index contributed by atoms with van der Waals surface area (Å²) in [6, 6.07) is 75.8. The minimum absolute atomic E-state index is 0.0708. The van der Waals surface area contributed by atoms with Gasteiger partial charge in [0.15, 0.2) is 8.07 Å². The quantitative estimate of drug-likeness (QED) is 0.0941. The van der Waals surface area contributed by atoms with E-state index < -0.39 is 8.07 Å². The van der Waals surface area contributed by atoms with Crippen molar-refractivity contribution in [1.82, 2.24) is 0 Å². The first kappa shape index (κ1) is 36.8. The largest absolute Gasteiger partial charge is 0.455 e. The van der Waals surface area contributed by atoms with Gasteiger partial charge in [0.05, 0.1) is 6.04 Å². The van der Waals surface area contributed by atoms with E-state index in [1.165, 1.54) is 53.6 Å². The molecule has 3 heteroatoms. The minimum Gasteiger partial charge on any atom is -0.455 e. The zero-order valence-corrected chi connectivity index (χ0v) is 35.3. The van der Waals surface area contributed by atoms with Crippen LogP contribution in [0.3, 0.4) is 0 Å². The lowest BCUT2D eigenvalue weighted by atomic mass is 9.72. The lowest BCUT2D eigenvalue weighted by Gasteiger charge is -2.48. The molecule has 1 heterocycles. The Kier molecular flexibility index (Phi) is 8.95. The fourth-order valence-electron chi connectivity index (χ4n) is 10.4. The number of hydrogen-bond donors (Lipinski definition) is 1. The maximum atomic E-state index is 6.76. The van der Waals surface area contributed by atoms with Gasteiger partial charge in [0.2, 0.25) is 0 Å². The van der Waals surface area contributed by atoms with Gasteiger partial charge in [-0.25, -0.2) is 0 Å². The summed E-state index contributed by atoms with van der Waals surface area (Å²) in [7, 11) is -3.04. The highest BCUT2D eigenvalue weighted by molar-refractivity contribution is 7.16. The molecule has 1 aliphatic carbocycles. The maximum Gasteiger partial charge on any atom is 0.177 e. The third-order valence-electron chi connectivity index (χ3n) is 13.3. The second-order valence-corrected chi connectivity index (χ2v) is 20.5. The Balaban J connectivity index is 1.17. The number of allylic oxidation sites excluding steroid dienone is 2. The number of nitrogens with one attached hydrogen (secondary N) is 1. The van der Waals surface area contributed by atoms with Gasteiger partial charge in [0.25, 0.3) is 0 Å². The normalized spacial score (nSPS) is 16.6. The van der Waals surface area contributed by atoms with Crippen molar-refractivity contribution < 1.29 is 4.42 Å². The molecule has 2 atom stereocenters. The second kappa shape index (κ2) is 14.8. The average molecular weight is 800 g/mol. The molecule has 1 N–H and O–H groups in total. The van der Waals surface area contributed by atoms with Crippen molar-refractivity contribution in [3.05, 3.63) is 241 Å². The molecule has 0 saturated carbocycles. The molecule has 0 aliphatic heterocycles. The van der Waals surface area contributed by atoms with Gasteiger partial charge in [-0.05, 0) is 103 Å². The molecule has 0 bridgehead atoms. The van der Waals surface area contributed by atoms with E-state index in [2.05, 4.69) is 244 Å². The molecule has 0 radical (unpaired) electrons. The Hall–Kier alpha value is -7.20. The molecule has 11 rings (SSSR count). The second-order valence-electron chi connectivity index (χ2n) is 16.7. The number of benzene rings is 9. The van der Waals surface area contributed by atoms with Crippen LogP contribution in [-0.2, 0) is 5.41 Å². The molecule has 292 valence electrons. The summed E-state index contributed by atoms with van der Waals surface area (Å²) in [5, 5.41) is 16.7. The van der Waals surface area contributed by atoms with Crippen LogP contribution >= 0.6 is 0 Å². The fourth-order valence-corrected chi connectivity index (χ4v) is 15.6. The van der Waals surface area contributed by atoms with Gasteiger partial charge in [0.1, 0.15) is 11.2 Å². The van der Waals surface area contributed by atoms with Gasteiger partial charge >= 0.3 is 0 Å². The minimum atomic E-state index is -3.04. The van der Waals surface area contributed by atoms with Gasteiger partial charge in [-0.3, -0.25) is 0 Å². The molecular weight excluding hydrogens is 755 g/mol. The summed E-state index contributed by atoms with van der Waals surface area (Å²) in [5.74, 6) is 0. The van der Waals surface area contributed by atoms with Crippen molar-refractivity contribution in [3.8, 4) is 11.1 Å².